The molecule has 142 valence electrons. The van der Waals surface area contributed by atoms with Gasteiger partial charge < -0.3 is 20.3 Å². The number of likely N-dealkylation sites (N-methyl/N-ethyl adjacent to an activating group) is 1. The fraction of sp³-hybridized carbons (Fsp3) is 0.722. The van der Waals surface area contributed by atoms with Crippen molar-refractivity contribution in [1.82, 2.24) is 9.80 Å². The Kier molecular flexibility index (Phi) is 7.58. The number of ether oxygens (including phenoxy) is 2. The smallest absolute Gasteiger partial charge is 0.307 e. The van der Waals surface area contributed by atoms with Gasteiger partial charge in [0.05, 0.1) is 19.3 Å². The second kappa shape index (κ2) is 9.45. The zero-order valence-electron chi connectivity index (χ0n) is 15.5. The van der Waals surface area contributed by atoms with Crippen LogP contribution in [0.5, 0.6) is 0 Å². The maximum absolute atomic E-state index is 11.3. The molecule has 0 spiro atoms. The molecule has 1 heterocycles. The number of aliphatic hydroxyl groups is 1. The lowest BCUT2D eigenvalue weighted by Gasteiger charge is -2.33. The number of rotatable bonds is 7. The van der Waals surface area contributed by atoms with Crippen LogP contribution in [0, 0.1) is 0 Å². The van der Waals surface area contributed by atoms with Crippen LogP contribution in [-0.2, 0) is 14.3 Å². The molecule has 0 aromatic heterocycles. The van der Waals surface area contributed by atoms with Crippen LogP contribution >= 0.6 is 0 Å². The zero-order chi connectivity index (χ0) is 18.4. The Labute approximate surface area is 150 Å². The molecule has 1 fully saturated rings. The molecule has 0 amide bonds. The van der Waals surface area contributed by atoms with Crippen LogP contribution in [0.1, 0.15) is 20.3 Å². The summed E-state index contributed by atoms with van der Waals surface area (Å²) in [5.74, 6) is 0.227. The average molecular weight is 353 g/mol. The first kappa shape index (κ1) is 20.1. The third-order valence-corrected chi connectivity index (χ3v) is 4.68. The van der Waals surface area contributed by atoms with Gasteiger partial charge in [-0.1, -0.05) is 6.08 Å². The highest BCUT2D eigenvalue weighted by molar-refractivity contribution is 5.67. The van der Waals surface area contributed by atoms with Crippen molar-refractivity contribution in [3.05, 3.63) is 23.5 Å². The van der Waals surface area contributed by atoms with Crippen molar-refractivity contribution in [2.24, 2.45) is 5.73 Å². The monoisotopic (exact) mass is 353 g/mol. The lowest BCUT2D eigenvalue weighted by Crippen LogP contribution is -2.43. The van der Waals surface area contributed by atoms with E-state index >= 15 is 0 Å². The van der Waals surface area contributed by atoms with E-state index < -0.39 is 12.1 Å². The molecule has 2 aliphatic rings. The summed E-state index contributed by atoms with van der Waals surface area (Å²) in [5, 5.41) is 10.3. The number of hydrogen-bond acceptors (Lipinski definition) is 7. The molecule has 1 aliphatic carbocycles. The Morgan fingerprint density at radius 1 is 1.52 bits per heavy atom. The maximum atomic E-state index is 11.3. The molecule has 2 rings (SSSR count). The van der Waals surface area contributed by atoms with E-state index in [2.05, 4.69) is 9.80 Å². The van der Waals surface area contributed by atoms with Crippen molar-refractivity contribution >= 4 is 5.97 Å². The second-order valence-corrected chi connectivity index (χ2v) is 6.88. The molecule has 7 nitrogen and oxygen atoms in total. The molecular weight excluding hydrogens is 322 g/mol. The van der Waals surface area contributed by atoms with Crippen LogP contribution in [-0.4, -0.2) is 85.5 Å². The van der Waals surface area contributed by atoms with Crippen LogP contribution in [0.2, 0.25) is 0 Å². The van der Waals surface area contributed by atoms with Crippen molar-refractivity contribution < 1.29 is 19.4 Å². The fourth-order valence-electron chi connectivity index (χ4n) is 3.10. The molecule has 7 heteroatoms. The van der Waals surface area contributed by atoms with Gasteiger partial charge in [0.15, 0.2) is 0 Å². The third kappa shape index (κ3) is 6.20. The zero-order valence-corrected chi connectivity index (χ0v) is 15.5. The topological polar surface area (TPSA) is 88.3 Å². The van der Waals surface area contributed by atoms with Gasteiger partial charge in [-0.25, -0.2) is 0 Å². The van der Waals surface area contributed by atoms with Gasteiger partial charge in [0.1, 0.15) is 5.76 Å². The van der Waals surface area contributed by atoms with E-state index in [0.717, 1.165) is 39.4 Å². The molecule has 3 unspecified atom stereocenters. The van der Waals surface area contributed by atoms with Gasteiger partial charge in [-0.2, -0.15) is 0 Å². The Hall–Kier alpha value is -1.25. The minimum atomic E-state index is -0.777. The van der Waals surface area contributed by atoms with Gasteiger partial charge in [-0.05, 0) is 25.6 Å². The van der Waals surface area contributed by atoms with E-state index in [1.54, 1.807) is 13.0 Å². The van der Waals surface area contributed by atoms with Crippen molar-refractivity contribution in [1.29, 1.82) is 0 Å². The molecule has 3 atom stereocenters. The van der Waals surface area contributed by atoms with Crippen LogP contribution in [0.25, 0.3) is 0 Å². The lowest BCUT2D eigenvalue weighted by molar-refractivity contribution is -0.137. The quantitative estimate of drug-likeness (QED) is 0.628. The lowest BCUT2D eigenvalue weighted by atomic mass is 9.94. The molecule has 0 saturated carbocycles. The Bertz CT molecular complexity index is 512. The van der Waals surface area contributed by atoms with E-state index in [1.807, 2.05) is 13.1 Å². The Balaban J connectivity index is 2.01. The van der Waals surface area contributed by atoms with Crippen LogP contribution < -0.4 is 5.73 Å². The molecule has 0 aromatic carbocycles. The van der Waals surface area contributed by atoms with Crippen molar-refractivity contribution in [3.8, 4) is 0 Å². The van der Waals surface area contributed by atoms with Crippen molar-refractivity contribution in [2.75, 3.05) is 46.4 Å². The molecule has 0 aromatic rings. The van der Waals surface area contributed by atoms with E-state index in [9.17, 15) is 9.90 Å². The minimum Gasteiger partial charge on any atom is -0.431 e. The summed E-state index contributed by atoms with van der Waals surface area (Å²) in [4.78, 5) is 15.9. The highest BCUT2D eigenvalue weighted by Gasteiger charge is 2.25. The molecule has 25 heavy (non-hydrogen) atoms. The molecule has 0 bridgehead atoms. The van der Waals surface area contributed by atoms with E-state index in [4.69, 9.17) is 15.2 Å². The summed E-state index contributed by atoms with van der Waals surface area (Å²) in [6, 6.07) is -0.331. The van der Waals surface area contributed by atoms with Gasteiger partial charge in [-0.15, -0.1) is 0 Å². The summed E-state index contributed by atoms with van der Waals surface area (Å²) in [6.07, 6.45) is 3.59. The van der Waals surface area contributed by atoms with Crippen LogP contribution in [0.15, 0.2) is 23.5 Å². The minimum absolute atomic E-state index is 0.0591. The number of hydrogen-bond donors (Lipinski definition) is 2. The van der Waals surface area contributed by atoms with Gasteiger partial charge in [0.25, 0.3) is 0 Å². The van der Waals surface area contributed by atoms with Gasteiger partial charge in [-0.3, -0.25) is 14.6 Å². The number of aliphatic hydroxyl groups excluding tert-OH is 1. The maximum Gasteiger partial charge on any atom is 0.307 e. The normalized spacial score (nSPS) is 24.5. The number of carbonyl (C=O) groups excluding carboxylic acids is 1. The second-order valence-electron chi connectivity index (χ2n) is 6.88. The van der Waals surface area contributed by atoms with E-state index in [-0.39, 0.29) is 12.0 Å². The molecule has 1 saturated heterocycles. The van der Waals surface area contributed by atoms with Gasteiger partial charge >= 0.3 is 5.97 Å². The average Bonchev–Trinajstić information content (AvgIpc) is 2.58. The Morgan fingerprint density at radius 2 is 2.20 bits per heavy atom. The molecule has 1 aliphatic heterocycles. The van der Waals surface area contributed by atoms with Gasteiger partial charge in [0.2, 0.25) is 0 Å². The van der Waals surface area contributed by atoms with E-state index in [0.29, 0.717) is 17.8 Å². The summed E-state index contributed by atoms with van der Waals surface area (Å²) >= 11 is 0. The summed E-state index contributed by atoms with van der Waals surface area (Å²) in [7, 11) is 2.05. The molecular formula is C18H31N3O4. The first-order valence-corrected chi connectivity index (χ1v) is 8.91. The number of carbonyl (C=O) groups is 1. The number of esters is 1. The first-order chi connectivity index (χ1) is 11.9. The third-order valence-electron chi connectivity index (χ3n) is 4.68. The SMILES string of the molecule is CC(=O)OC1=CC(C(O)C(C)N)=CC(N(C)CCN2CCOCC2)C1. The Morgan fingerprint density at radius 3 is 2.80 bits per heavy atom. The predicted octanol–water partition coefficient (Wildman–Crippen LogP) is 0.104. The fourth-order valence-corrected chi connectivity index (χ4v) is 3.10. The van der Waals surface area contributed by atoms with Crippen molar-refractivity contribution in [2.45, 2.75) is 38.5 Å². The number of nitrogens with two attached hydrogens (primary N) is 1. The molecule has 3 N–H and O–H groups in total. The number of morpholine rings is 1. The highest BCUT2D eigenvalue weighted by Crippen LogP contribution is 2.25. The number of nitrogens with zero attached hydrogens (tertiary/aromatic N) is 2. The predicted molar refractivity (Wildman–Crippen MR) is 95.9 cm³/mol. The molecule has 0 radical (unpaired) electrons. The highest BCUT2D eigenvalue weighted by atomic mass is 16.5. The summed E-state index contributed by atoms with van der Waals surface area (Å²) < 4.78 is 10.7. The van der Waals surface area contributed by atoms with Crippen molar-refractivity contribution in [3.63, 3.8) is 0 Å². The first-order valence-electron chi connectivity index (χ1n) is 8.91. The van der Waals surface area contributed by atoms with Crippen LogP contribution in [0.3, 0.4) is 0 Å². The standard InChI is InChI=1S/C18H31N3O4/c1-13(19)18(23)15-10-16(12-17(11-15)25-14(2)22)20(3)4-5-21-6-8-24-9-7-21/h10-11,13,16,18,23H,4-9,12,19H2,1-3H3. The summed E-state index contributed by atoms with van der Waals surface area (Å²) in [6.45, 7) is 8.49. The summed E-state index contributed by atoms with van der Waals surface area (Å²) in [5.41, 5.74) is 6.54. The van der Waals surface area contributed by atoms with Crippen LogP contribution in [0.4, 0.5) is 0 Å². The van der Waals surface area contributed by atoms with Gasteiger partial charge in [0, 0.05) is 51.6 Å². The largest absolute Gasteiger partial charge is 0.431 e. The van der Waals surface area contributed by atoms with E-state index in [1.165, 1.54) is 6.92 Å².